The Kier molecular flexibility index (Phi) is 6.70. The second kappa shape index (κ2) is 9.61. The van der Waals surface area contributed by atoms with Crippen molar-refractivity contribution in [2.75, 3.05) is 7.11 Å². The predicted molar refractivity (Wildman–Crippen MR) is 116 cm³/mol. The molecular formula is C22H21N5O5. The molecule has 1 aliphatic rings. The average molecular weight is 435 g/mol. The molecule has 0 aliphatic carbocycles. The molecule has 2 aromatic carbocycles. The lowest BCUT2D eigenvalue weighted by Gasteiger charge is -2.25. The molecule has 2 aromatic rings. The fourth-order valence-electron chi connectivity index (χ4n) is 3.42. The van der Waals surface area contributed by atoms with Gasteiger partial charge in [-0.15, -0.1) is 0 Å². The zero-order valence-corrected chi connectivity index (χ0v) is 17.7. The number of rotatable bonds is 7. The van der Waals surface area contributed by atoms with E-state index in [4.69, 9.17) is 14.7 Å². The van der Waals surface area contributed by atoms with Gasteiger partial charge in [0.25, 0.3) is 5.69 Å². The quantitative estimate of drug-likeness (QED) is 0.293. The molecule has 10 nitrogen and oxygen atoms in total. The van der Waals surface area contributed by atoms with Crippen LogP contribution >= 0.6 is 0 Å². The van der Waals surface area contributed by atoms with Crippen LogP contribution in [0.3, 0.4) is 0 Å². The van der Waals surface area contributed by atoms with E-state index in [0.29, 0.717) is 5.70 Å². The van der Waals surface area contributed by atoms with Crippen LogP contribution in [0.1, 0.15) is 31.0 Å². The summed E-state index contributed by atoms with van der Waals surface area (Å²) in [6.07, 6.45) is 1.75. The summed E-state index contributed by atoms with van der Waals surface area (Å²) in [4.78, 5) is 28.0. The summed E-state index contributed by atoms with van der Waals surface area (Å²) in [5.74, 6) is 0.214. The summed E-state index contributed by atoms with van der Waals surface area (Å²) in [5, 5.41) is 26.1. The largest absolute Gasteiger partial charge is 0.493 e. The number of hydrogen-bond donors (Lipinski definition) is 2. The van der Waals surface area contributed by atoms with Crippen LogP contribution in [0.25, 0.3) is 0 Å². The number of Topliss-reactive ketones (excluding diaryl/α,β-unsaturated/α-hetero) is 1. The first-order valence-corrected chi connectivity index (χ1v) is 9.60. The molecule has 10 heteroatoms. The molecule has 1 atom stereocenters. The summed E-state index contributed by atoms with van der Waals surface area (Å²) in [6.45, 7) is 3.18. The molecule has 164 valence electrons. The number of nitriles is 1. The maximum Gasteiger partial charge on any atom is 0.279 e. The highest BCUT2D eigenvalue weighted by Gasteiger charge is 2.33. The smallest absolute Gasteiger partial charge is 0.279 e. The first-order chi connectivity index (χ1) is 15.3. The second-order valence-corrected chi connectivity index (χ2v) is 6.93. The fourth-order valence-corrected chi connectivity index (χ4v) is 3.42. The minimum Gasteiger partial charge on any atom is -0.493 e. The van der Waals surface area contributed by atoms with Crippen LogP contribution in [-0.2, 0) is 11.4 Å². The summed E-state index contributed by atoms with van der Waals surface area (Å²) < 4.78 is 11.2. The van der Waals surface area contributed by atoms with Gasteiger partial charge in [0, 0.05) is 11.3 Å². The van der Waals surface area contributed by atoms with Gasteiger partial charge in [-0.05, 0) is 25.5 Å². The van der Waals surface area contributed by atoms with E-state index in [1.165, 1.54) is 26.2 Å². The van der Waals surface area contributed by atoms with Crippen LogP contribution in [0.5, 0.6) is 11.5 Å². The number of allylic oxidation sites excluding steroid dienone is 1. The molecule has 1 heterocycles. The van der Waals surface area contributed by atoms with Crippen molar-refractivity contribution in [3.63, 3.8) is 0 Å². The number of ketones is 1. The molecule has 32 heavy (non-hydrogen) atoms. The first kappa shape index (κ1) is 22.3. The molecule has 3 rings (SSSR count). The lowest BCUT2D eigenvalue weighted by molar-refractivity contribution is -0.385. The van der Waals surface area contributed by atoms with Crippen molar-refractivity contribution in [2.45, 2.75) is 26.5 Å². The molecule has 0 spiro atoms. The zero-order valence-electron chi connectivity index (χ0n) is 17.7. The van der Waals surface area contributed by atoms with Crippen molar-refractivity contribution in [1.29, 1.82) is 5.26 Å². The van der Waals surface area contributed by atoms with Gasteiger partial charge in [0.1, 0.15) is 12.6 Å². The Morgan fingerprint density at radius 2 is 2.03 bits per heavy atom. The summed E-state index contributed by atoms with van der Waals surface area (Å²) in [6, 6.07) is 11.0. The SMILES string of the molecule is COc1cc([C@@H]2N=C(NC#N)NC(C)=C2C(C)=O)c([N+](=O)[O-])cc1OCc1ccccc1. The number of hydrogen-bond acceptors (Lipinski definition) is 9. The van der Waals surface area contributed by atoms with Gasteiger partial charge < -0.3 is 14.8 Å². The summed E-state index contributed by atoms with van der Waals surface area (Å²) in [7, 11) is 1.42. The Balaban J connectivity index is 2.10. The van der Waals surface area contributed by atoms with Crippen LogP contribution in [0.15, 0.2) is 58.7 Å². The minimum absolute atomic E-state index is 0.0812. The monoisotopic (exact) mass is 435 g/mol. The van der Waals surface area contributed by atoms with Gasteiger partial charge in [-0.2, -0.15) is 5.26 Å². The maximum atomic E-state index is 12.3. The highest BCUT2D eigenvalue weighted by molar-refractivity contribution is 5.99. The second-order valence-electron chi connectivity index (χ2n) is 6.93. The molecule has 0 saturated heterocycles. The number of methoxy groups -OCH3 is 1. The number of carbonyl (C=O) groups excluding carboxylic acids is 1. The maximum absolute atomic E-state index is 12.3. The van der Waals surface area contributed by atoms with Crippen molar-refractivity contribution in [3.8, 4) is 17.7 Å². The topological polar surface area (TPSA) is 139 Å². The number of nitro groups is 1. The third-order valence-electron chi connectivity index (χ3n) is 4.84. The molecule has 1 aliphatic heterocycles. The fraction of sp³-hybridized carbons (Fsp3) is 0.227. The molecule has 2 N–H and O–H groups in total. The van der Waals surface area contributed by atoms with Crippen LogP contribution in [0, 0.1) is 21.6 Å². The van der Waals surface area contributed by atoms with Crippen molar-refractivity contribution >= 4 is 17.4 Å². The van der Waals surface area contributed by atoms with Gasteiger partial charge in [0.05, 0.1) is 23.7 Å². The number of carbonyl (C=O) groups is 1. The molecule has 0 fully saturated rings. The normalized spacial score (nSPS) is 15.2. The van der Waals surface area contributed by atoms with Gasteiger partial charge in [0.15, 0.2) is 23.5 Å². The molecule has 0 saturated carbocycles. The standard InChI is InChI=1S/C22H21N5O5/c1-13-20(14(2)28)21(26-22(25-13)24-12-23)16-9-18(31-3)19(10-17(16)27(29)30)32-11-15-7-5-4-6-8-15/h4-10,21H,11H2,1-3H3,(H2,24,25,26)/t21-/m0/s1. The molecule has 0 radical (unpaired) electrons. The summed E-state index contributed by atoms with van der Waals surface area (Å²) >= 11 is 0. The van der Waals surface area contributed by atoms with E-state index in [9.17, 15) is 14.9 Å². The van der Waals surface area contributed by atoms with E-state index >= 15 is 0 Å². The van der Waals surface area contributed by atoms with Crippen molar-refractivity contribution in [2.24, 2.45) is 4.99 Å². The number of guanidine groups is 1. The Bertz CT molecular complexity index is 1150. The van der Waals surface area contributed by atoms with Gasteiger partial charge in [-0.25, -0.2) is 4.99 Å². The molecule has 0 bridgehead atoms. The van der Waals surface area contributed by atoms with E-state index in [0.717, 1.165) is 5.56 Å². The highest BCUT2D eigenvalue weighted by Crippen LogP contribution is 2.42. The molecular weight excluding hydrogens is 414 g/mol. The van der Waals surface area contributed by atoms with Crippen LogP contribution < -0.4 is 20.1 Å². The van der Waals surface area contributed by atoms with Gasteiger partial charge in [-0.3, -0.25) is 20.2 Å². The van der Waals surface area contributed by atoms with E-state index < -0.39 is 11.0 Å². The number of benzene rings is 2. The van der Waals surface area contributed by atoms with Gasteiger partial charge in [0.2, 0.25) is 5.96 Å². The number of ether oxygens (including phenoxy) is 2. The molecule has 0 aromatic heterocycles. The van der Waals surface area contributed by atoms with E-state index in [-0.39, 0.29) is 46.7 Å². The van der Waals surface area contributed by atoms with Gasteiger partial charge >= 0.3 is 0 Å². The third-order valence-corrected chi connectivity index (χ3v) is 4.84. The van der Waals surface area contributed by atoms with E-state index in [2.05, 4.69) is 15.6 Å². The van der Waals surface area contributed by atoms with E-state index in [1.807, 2.05) is 30.3 Å². The Hall–Kier alpha value is -4.39. The summed E-state index contributed by atoms with van der Waals surface area (Å²) in [5.41, 5.74) is 1.42. The third kappa shape index (κ3) is 4.67. The minimum atomic E-state index is -1.01. The van der Waals surface area contributed by atoms with Gasteiger partial charge in [-0.1, -0.05) is 30.3 Å². The number of nitrogens with one attached hydrogen (secondary N) is 2. The van der Waals surface area contributed by atoms with Crippen LogP contribution in [0.4, 0.5) is 5.69 Å². The predicted octanol–water partition coefficient (Wildman–Crippen LogP) is 3.12. The number of aliphatic imine (C=N–C) groups is 1. The zero-order chi connectivity index (χ0) is 23.3. The first-order valence-electron chi connectivity index (χ1n) is 9.60. The van der Waals surface area contributed by atoms with Crippen molar-refractivity contribution < 1.29 is 19.2 Å². The lowest BCUT2D eigenvalue weighted by Crippen LogP contribution is -2.38. The molecule has 0 amide bonds. The van der Waals surface area contributed by atoms with Crippen molar-refractivity contribution in [3.05, 3.63) is 75.0 Å². The van der Waals surface area contributed by atoms with Crippen molar-refractivity contribution in [1.82, 2.24) is 10.6 Å². The lowest BCUT2D eigenvalue weighted by atomic mass is 9.92. The molecule has 0 unspecified atom stereocenters. The Morgan fingerprint density at radius 3 is 2.62 bits per heavy atom. The number of nitro benzene ring substituents is 1. The average Bonchev–Trinajstić information content (AvgIpc) is 2.77. The van der Waals surface area contributed by atoms with E-state index in [1.54, 1.807) is 13.1 Å². The van der Waals surface area contributed by atoms with Crippen LogP contribution in [-0.4, -0.2) is 23.8 Å². The Morgan fingerprint density at radius 1 is 1.31 bits per heavy atom. The highest BCUT2D eigenvalue weighted by atomic mass is 16.6. The van der Waals surface area contributed by atoms with Crippen LogP contribution in [0.2, 0.25) is 0 Å². The Labute approximate surface area is 184 Å². The number of nitrogens with zero attached hydrogens (tertiary/aromatic N) is 3.